The van der Waals surface area contributed by atoms with Gasteiger partial charge in [0.25, 0.3) is 0 Å². The monoisotopic (exact) mass is 292 g/mol. The lowest BCUT2D eigenvalue weighted by molar-refractivity contribution is 0.0692. The van der Waals surface area contributed by atoms with Crippen LogP contribution in [0.3, 0.4) is 0 Å². The highest BCUT2D eigenvalue weighted by atomic mass is 19.1. The smallest absolute Gasteiger partial charge is 0.338 e. The molecule has 2 rings (SSSR count). The van der Waals surface area contributed by atoms with Crippen LogP contribution in [0, 0.1) is 11.6 Å². The van der Waals surface area contributed by atoms with E-state index in [-0.39, 0.29) is 23.2 Å². The second-order valence-corrected chi connectivity index (χ2v) is 4.64. The van der Waals surface area contributed by atoms with Gasteiger partial charge in [0.1, 0.15) is 11.6 Å². The summed E-state index contributed by atoms with van der Waals surface area (Å²) in [6, 6.07) is 7.71. The summed E-state index contributed by atoms with van der Waals surface area (Å²) < 4.78 is 26.5. The number of nitrogens with one attached hydrogen (secondary N) is 1. The summed E-state index contributed by atoms with van der Waals surface area (Å²) in [5.41, 5.74) is 6.45. The van der Waals surface area contributed by atoms with E-state index in [2.05, 4.69) is 5.32 Å². The lowest BCUT2D eigenvalue weighted by atomic mass is 10.1. The van der Waals surface area contributed by atoms with Crippen LogP contribution in [0.2, 0.25) is 0 Å². The number of rotatable bonds is 4. The number of hydrogen-bond donors (Lipinski definition) is 3. The van der Waals surface area contributed by atoms with Crippen LogP contribution in [-0.4, -0.2) is 11.1 Å². The van der Waals surface area contributed by atoms with Crippen molar-refractivity contribution in [1.82, 2.24) is 0 Å². The molecule has 4 N–H and O–H groups in total. The fourth-order valence-corrected chi connectivity index (χ4v) is 1.95. The summed E-state index contributed by atoms with van der Waals surface area (Å²) >= 11 is 0. The topological polar surface area (TPSA) is 75.3 Å². The van der Waals surface area contributed by atoms with E-state index in [1.54, 1.807) is 19.1 Å². The van der Waals surface area contributed by atoms with E-state index in [1.165, 1.54) is 12.1 Å². The number of anilines is 2. The van der Waals surface area contributed by atoms with Gasteiger partial charge in [0.15, 0.2) is 0 Å². The normalized spacial score (nSPS) is 12.0. The Bertz CT molecular complexity index is 672. The van der Waals surface area contributed by atoms with Crippen molar-refractivity contribution in [3.8, 4) is 0 Å². The van der Waals surface area contributed by atoms with Crippen molar-refractivity contribution >= 4 is 17.3 Å². The van der Waals surface area contributed by atoms with Crippen molar-refractivity contribution in [2.24, 2.45) is 0 Å². The summed E-state index contributed by atoms with van der Waals surface area (Å²) in [6.45, 7) is 1.80. The van der Waals surface area contributed by atoms with Crippen LogP contribution in [0.25, 0.3) is 0 Å². The largest absolute Gasteiger partial charge is 0.478 e. The zero-order valence-electron chi connectivity index (χ0n) is 11.2. The van der Waals surface area contributed by atoms with Crippen molar-refractivity contribution in [3.63, 3.8) is 0 Å². The predicted octanol–water partition coefficient (Wildman–Crippen LogP) is 3.42. The van der Waals surface area contributed by atoms with Gasteiger partial charge in [-0.2, -0.15) is 0 Å². The Labute approximate surface area is 120 Å². The number of nitrogen functional groups attached to an aromatic ring is 1. The van der Waals surface area contributed by atoms with Crippen LogP contribution in [0.1, 0.15) is 28.9 Å². The number of carboxylic acid groups (broad SMARTS) is 1. The molecule has 6 heteroatoms. The Balaban J connectivity index is 2.25. The number of hydrogen-bond acceptors (Lipinski definition) is 3. The van der Waals surface area contributed by atoms with Gasteiger partial charge >= 0.3 is 5.97 Å². The Morgan fingerprint density at radius 1 is 1.24 bits per heavy atom. The minimum atomic E-state index is -1.38. The minimum Gasteiger partial charge on any atom is -0.478 e. The fourth-order valence-electron chi connectivity index (χ4n) is 1.95. The quantitative estimate of drug-likeness (QED) is 0.755. The molecule has 2 aromatic rings. The number of carboxylic acids is 1. The highest BCUT2D eigenvalue weighted by molar-refractivity contribution is 5.90. The molecule has 0 saturated carbocycles. The minimum absolute atomic E-state index is 0.128. The van der Waals surface area contributed by atoms with E-state index in [0.717, 1.165) is 17.7 Å². The standard InChI is InChI=1S/C15H14F2N2O2/c1-8(9-2-4-10(16)5-3-9)19-14-7-12(17)11(15(20)21)6-13(14)18/h2-8,19H,18H2,1H3,(H,20,21). The second kappa shape index (κ2) is 5.78. The third-order valence-corrected chi connectivity index (χ3v) is 3.11. The zero-order chi connectivity index (χ0) is 15.6. The first-order valence-electron chi connectivity index (χ1n) is 6.23. The van der Waals surface area contributed by atoms with Crippen molar-refractivity contribution in [2.75, 3.05) is 11.1 Å². The van der Waals surface area contributed by atoms with Crippen LogP contribution in [0.15, 0.2) is 36.4 Å². The molecular formula is C15H14F2N2O2. The van der Waals surface area contributed by atoms with Gasteiger partial charge in [0, 0.05) is 6.04 Å². The van der Waals surface area contributed by atoms with E-state index in [0.29, 0.717) is 0 Å². The highest BCUT2D eigenvalue weighted by Crippen LogP contribution is 2.27. The average molecular weight is 292 g/mol. The van der Waals surface area contributed by atoms with Gasteiger partial charge < -0.3 is 16.2 Å². The molecule has 0 radical (unpaired) electrons. The van der Waals surface area contributed by atoms with Crippen molar-refractivity contribution in [3.05, 3.63) is 59.2 Å². The average Bonchev–Trinajstić information content (AvgIpc) is 2.42. The predicted molar refractivity (Wildman–Crippen MR) is 76.2 cm³/mol. The molecule has 0 heterocycles. The van der Waals surface area contributed by atoms with Crippen LogP contribution in [-0.2, 0) is 0 Å². The molecule has 21 heavy (non-hydrogen) atoms. The number of nitrogens with two attached hydrogens (primary N) is 1. The third kappa shape index (κ3) is 3.28. The van der Waals surface area contributed by atoms with Crippen molar-refractivity contribution < 1.29 is 18.7 Å². The van der Waals surface area contributed by atoms with E-state index in [4.69, 9.17) is 10.8 Å². The molecule has 2 aromatic carbocycles. The van der Waals surface area contributed by atoms with Gasteiger partial charge in [-0.05, 0) is 36.8 Å². The van der Waals surface area contributed by atoms with E-state index < -0.39 is 17.3 Å². The van der Waals surface area contributed by atoms with E-state index in [9.17, 15) is 13.6 Å². The van der Waals surface area contributed by atoms with E-state index >= 15 is 0 Å². The third-order valence-electron chi connectivity index (χ3n) is 3.11. The molecule has 0 bridgehead atoms. The summed E-state index contributed by atoms with van der Waals surface area (Å²) in [6.07, 6.45) is 0. The van der Waals surface area contributed by atoms with Crippen LogP contribution in [0.5, 0.6) is 0 Å². The molecule has 0 aliphatic heterocycles. The number of halogens is 2. The van der Waals surface area contributed by atoms with Crippen LogP contribution < -0.4 is 11.1 Å². The molecule has 1 atom stereocenters. The van der Waals surface area contributed by atoms with Crippen molar-refractivity contribution in [1.29, 1.82) is 0 Å². The first-order valence-corrected chi connectivity index (χ1v) is 6.23. The molecule has 0 fully saturated rings. The lowest BCUT2D eigenvalue weighted by Crippen LogP contribution is -2.10. The first-order chi connectivity index (χ1) is 9.88. The lowest BCUT2D eigenvalue weighted by Gasteiger charge is -2.18. The molecule has 0 aliphatic rings. The van der Waals surface area contributed by atoms with Gasteiger partial charge in [-0.15, -0.1) is 0 Å². The Morgan fingerprint density at radius 2 is 1.86 bits per heavy atom. The summed E-state index contributed by atoms with van der Waals surface area (Å²) in [4.78, 5) is 10.8. The molecule has 0 saturated heterocycles. The van der Waals surface area contributed by atoms with Gasteiger partial charge in [-0.25, -0.2) is 13.6 Å². The number of benzene rings is 2. The molecule has 0 aromatic heterocycles. The van der Waals surface area contributed by atoms with Gasteiger partial charge in [-0.3, -0.25) is 0 Å². The SMILES string of the molecule is CC(Nc1cc(F)c(C(=O)O)cc1N)c1ccc(F)cc1. The van der Waals surface area contributed by atoms with Gasteiger partial charge in [0.2, 0.25) is 0 Å². The second-order valence-electron chi connectivity index (χ2n) is 4.64. The van der Waals surface area contributed by atoms with E-state index in [1.807, 2.05) is 0 Å². The van der Waals surface area contributed by atoms with Gasteiger partial charge in [0.05, 0.1) is 16.9 Å². The Morgan fingerprint density at radius 3 is 2.43 bits per heavy atom. The Kier molecular flexibility index (Phi) is 4.07. The number of carbonyl (C=O) groups is 1. The summed E-state index contributed by atoms with van der Waals surface area (Å²) in [5, 5.41) is 11.8. The molecule has 0 spiro atoms. The molecular weight excluding hydrogens is 278 g/mol. The zero-order valence-corrected chi connectivity index (χ0v) is 11.2. The van der Waals surface area contributed by atoms with Crippen LogP contribution >= 0.6 is 0 Å². The molecule has 0 aliphatic carbocycles. The number of aromatic carboxylic acids is 1. The van der Waals surface area contributed by atoms with Crippen LogP contribution in [0.4, 0.5) is 20.2 Å². The Hall–Kier alpha value is -2.63. The maximum absolute atomic E-state index is 13.7. The maximum atomic E-state index is 13.7. The fraction of sp³-hybridized carbons (Fsp3) is 0.133. The molecule has 110 valence electrons. The highest BCUT2D eigenvalue weighted by Gasteiger charge is 2.15. The molecule has 1 unspecified atom stereocenters. The maximum Gasteiger partial charge on any atom is 0.338 e. The summed E-state index contributed by atoms with van der Waals surface area (Å²) in [5.74, 6) is -2.59. The molecule has 4 nitrogen and oxygen atoms in total. The van der Waals surface area contributed by atoms with Crippen molar-refractivity contribution in [2.45, 2.75) is 13.0 Å². The first kappa shape index (κ1) is 14.8. The van der Waals surface area contributed by atoms with Gasteiger partial charge in [-0.1, -0.05) is 12.1 Å². The molecule has 0 amide bonds. The summed E-state index contributed by atoms with van der Waals surface area (Å²) in [7, 11) is 0.